The lowest BCUT2D eigenvalue weighted by molar-refractivity contribution is 0.142. The van der Waals surface area contributed by atoms with Gasteiger partial charge in [-0.3, -0.25) is 0 Å². The van der Waals surface area contributed by atoms with Crippen molar-refractivity contribution in [3.8, 4) is 11.4 Å². The topological polar surface area (TPSA) is 74.3 Å². The van der Waals surface area contributed by atoms with Crippen molar-refractivity contribution in [3.05, 3.63) is 42.6 Å². The maximum atomic E-state index is 11.8. The molecule has 27 heavy (non-hydrogen) atoms. The second kappa shape index (κ2) is 6.57. The van der Waals surface area contributed by atoms with E-state index in [1.165, 1.54) is 0 Å². The molecule has 1 amide bonds. The number of pyridine rings is 1. The van der Waals surface area contributed by atoms with Gasteiger partial charge >= 0.3 is 6.09 Å². The Balaban J connectivity index is 1.33. The highest BCUT2D eigenvalue weighted by Gasteiger charge is 2.32. The van der Waals surface area contributed by atoms with Crippen LogP contribution in [0.5, 0.6) is 0 Å². The van der Waals surface area contributed by atoms with Crippen LogP contribution in [0.1, 0.15) is 12.8 Å². The molecule has 2 aliphatic rings. The third-order valence-electron chi connectivity index (χ3n) is 5.43. The maximum Gasteiger partial charge on any atom is 0.410 e. The number of imidazole rings is 1. The summed E-state index contributed by atoms with van der Waals surface area (Å²) in [5, 5.41) is 0. The number of aromatic nitrogens is 3. The number of carbonyl (C=O) groups excluding carboxylic acids is 1. The van der Waals surface area contributed by atoms with Crippen LogP contribution in [0.25, 0.3) is 22.4 Å². The van der Waals surface area contributed by atoms with Crippen LogP contribution < -0.4 is 4.90 Å². The van der Waals surface area contributed by atoms with E-state index in [0.29, 0.717) is 13.2 Å². The van der Waals surface area contributed by atoms with Gasteiger partial charge in [-0.15, -0.1) is 0 Å². The van der Waals surface area contributed by atoms with E-state index in [-0.39, 0.29) is 12.1 Å². The summed E-state index contributed by atoms with van der Waals surface area (Å²) in [5.74, 6) is 1.81. The molecule has 2 fully saturated rings. The van der Waals surface area contributed by atoms with Crippen LogP contribution in [0.4, 0.5) is 10.6 Å². The van der Waals surface area contributed by atoms with Crippen molar-refractivity contribution in [3.63, 3.8) is 0 Å². The lowest BCUT2D eigenvalue weighted by Crippen LogP contribution is -2.45. The van der Waals surface area contributed by atoms with E-state index in [1.54, 1.807) is 0 Å². The van der Waals surface area contributed by atoms with Crippen molar-refractivity contribution in [1.29, 1.82) is 0 Å². The molecule has 0 atom stereocenters. The summed E-state index contributed by atoms with van der Waals surface area (Å²) in [6, 6.07) is 12.4. The smallest absolute Gasteiger partial charge is 0.410 e. The first kappa shape index (κ1) is 16.1. The second-order valence-electron chi connectivity index (χ2n) is 7.03. The van der Waals surface area contributed by atoms with Gasteiger partial charge in [0.25, 0.3) is 0 Å². The minimum absolute atomic E-state index is 0.168. The molecule has 0 radical (unpaired) electrons. The summed E-state index contributed by atoms with van der Waals surface area (Å²) in [6.45, 7) is 2.99. The maximum absolute atomic E-state index is 11.8. The molecule has 1 N–H and O–H groups in total. The summed E-state index contributed by atoms with van der Waals surface area (Å²) < 4.78 is 5.07. The molecule has 0 saturated carbocycles. The second-order valence-corrected chi connectivity index (χ2v) is 7.03. The number of cyclic esters (lactones) is 1. The molecular formula is C20H21N5O2. The zero-order chi connectivity index (χ0) is 18.2. The highest BCUT2D eigenvalue weighted by Crippen LogP contribution is 2.26. The number of carbonyl (C=O) groups is 1. The first-order valence-corrected chi connectivity index (χ1v) is 9.37. The fraction of sp³-hybridized carbons (Fsp3) is 0.350. The first-order chi connectivity index (χ1) is 13.3. The predicted octanol–water partition coefficient (Wildman–Crippen LogP) is 3.05. The number of fused-ring (bicyclic) bond motifs is 1. The van der Waals surface area contributed by atoms with Crippen LogP contribution in [0.15, 0.2) is 42.6 Å². The number of rotatable bonds is 3. The molecule has 7 nitrogen and oxygen atoms in total. The molecular weight excluding hydrogens is 342 g/mol. The molecule has 2 aliphatic heterocycles. The summed E-state index contributed by atoms with van der Waals surface area (Å²) in [7, 11) is 0. The summed E-state index contributed by atoms with van der Waals surface area (Å²) in [4.78, 5) is 28.5. The highest BCUT2D eigenvalue weighted by atomic mass is 16.6. The molecule has 2 aromatic heterocycles. The SMILES string of the molecule is O=C1OCCN1C1CCN(c2cc(-c3nc4ccccc4[nH]3)ccn2)CC1. The highest BCUT2D eigenvalue weighted by molar-refractivity contribution is 5.79. The fourth-order valence-electron chi connectivity index (χ4n) is 3.97. The third-order valence-corrected chi connectivity index (χ3v) is 5.43. The van der Waals surface area contributed by atoms with Crippen molar-refractivity contribution in [2.24, 2.45) is 0 Å². The van der Waals surface area contributed by atoms with Crippen molar-refractivity contribution in [1.82, 2.24) is 19.9 Å². The summed E-state index contributed by atoms with van der Waals surface area (Å²) in [5.41, 5.74) is 3.02. The molecule has 0 unspecified atom stereocenters. The monoisotopic (exact) mass is 363 g/mol. The number of H-pyrrole nitrogens is 1. The van der Waals surface area contributed by atoms with Gasteiger partial charge in [-0.05, 0) is 37.1 Å². The predicted molar refractivity (Wildman–Crippen MR) is 103 cm³/mol. The Hall–Kier alpha value is -3.09. The van der Waals surface area contributed by atoms with Crippen LogP contribution in [0.2, 0.25) is 0 Å². The molecule has 3 aromatic rings. The van der Waals surface area contributed by atoms with Crippen molar-refractivity contribution < 1.29 is 9.53 Å². The van der Waals surface area contributed by atoms with E-state index >= 15 is 0 Å². The number of para-hydroxylation sites is 2. The molecule has 0 spiro atoms. The fourth-order valence-corrected chi connectivity index (χ4v) is 3.97. The number of hydrogen-bond acceptors (Lipinski definition) is 5. The lowest BCUT2D eigenvalue weighted by atomic mass is 10.0. The van der Waals surface area contributed by atoms with E-state index in [0.717, 1.165) is 54.2 Å². The van der Waals surface area contributed by atoms with Gasteiger partial charge in [0.1, 0.15) is 18.2 Å². The number of nitrogens with zero attached hydrogens (tertiary/aromatic N) is 4. The number of aromatic amines is 1. The van der Waals surface area contributed by atoms with E-state index < -0.39 is 0 Å². The largest absolute Gasteiger partial charge is 0.448 e. The van der Waals surface area contributed by atoms with Crippen molar-refractivity contribution in [2.45, 2.75) is 18.9 Å². The standard InChI is InChI=1S/C20H21N5O2/c26-20-25(11-12-27-20)15-6-9-24(10-7-15)18-13-14(5-8-21-18)19-22-16-3-1-2-4-17(16)23-19/h1-5,8,13,15H,6-7,9-12H2,(H,22,23). The van der Waals surface area contributed by atoms with E-state index in [4.69, 9.17) is 4.74 Å². The number of benzene rings is 1. The Labute approximate surface area is 157 Å². The molecule has 4 heterocycles. The van der Waals surface area contributed by atoms with E-state index in [1.807, 2.05) is 41.4 Å². The average molecular weight is 363 g/mol. The van der Waals surface area contributed by atoms with Crippen molar-refractivity contribution in [2.75, 3.05) is 31.1 Å². The van der Waals surface area contributed by atoms with Gasteiger partial charge in [-0.25, -0.2) is 14.8 Å². The first-order valence-electron chi connectivity index (χ1n) is 9.37. The Kier molecular flexibility index (Phi) is 3.92. The van der Waals surface area contributed by atoms with Crippen molar-refractivity contribution >= 4 is 22.9 Å². The minimum Gasteiger partial charge on any atom is -0.448 e. The zero-order valence-corrected chi connectivity index (χ0v) is 15.0. The third kappa shape index (κ3) is 2.99. The normalized spacial score (nSPS) is 18.3. The van der Waals surface area contributed by atoms with Gasteiger partial charge in [0.2, 0.25) is 0 Å². The van der Waals surface area contributed by atoms with Gasteiger partial charge in [-0.2, -0.15) is 0 Å². The average Bonchev–Trinajstić information content (AvgIpc) is 3.34. The van der Waals surface area contributed by atoms with Gasteiger partial charge in [0, 0.05) is 30.9 Å². The summed E-state index contributed by atoms with van der Waals surface area (Å²) in [6.07, 6.45) is 3.54. The Morgan fingerprint density at radius 3 is 2.74 bits per heavy atom. The molecule has 7 heteroatoms. The number of piperidine rings is 1. The van der Waals surface area contributed by atoms with Crippen LogP contribution >= 0.6 is 0 Å². The molecule has 138 valence electrons. The zero-order valence-electron chi connectivity index (χ0n) is 15.0. The summed E-state index contributed by atoms with van der Waals surface area (Å²) >= 11 is 0. The van der Waals surface area contributed by atoms with E-state index in [9.17, 15) is 4.79 Å². The minimum atomic E-state index is -0.168. The molecule has 0 bridgehead atoms. The van der Waals surface area contributed by atoms with Gasteiger partial charge in [0.05, 0.1) is 17.6 Å². The van der Waals surface area contributed by atoms with Crippen LogP contribution in [-0.2, 0) is 4.74 Å². The van der Waals surface area contributed by atoms with Gasteiger partial charge < -0.3 is 19.5 Å². The van der Waals surface area contributed by atoms with Crippen LogP contribution in [0, 0.1) is 0 Å². The van der Waals surface area contributed by atoms with Gasteiger partial charge in [0.15, 0.2) is 0 Å². The number of anilines is 1. The molecule has 0 aliphatic carbocycles. The lowest BCUT2D eigenvalue weighted by Gasteiger charge is -2.36. The Morgan fingerprint density at radius 2 is 1.96 bits per heavy atom. The molecule has 1 aromatic carbocycles. The van der Waals surface area contributed by atoms with E-state index in [2.05, 4.69) is 25.9 Å². The Morgan fingerprint density at radius 1 is 1.11 bits per heavy atom. The van der Waals surface area contributed by atoms with Gasteiger partial charge in [-0.1, -0.05) is 12.1 Å². The number of nitrogens with one attached hydrogen (secondary N) is 1. The Bertz CT molecular complexity index is 944. The quantitative estimate of drug-likeness (QED) is 0.774. The number of amides is 1. The molecule has 2 saturated heterocycles. The van der Waals surface area contributed by atoms with Crippen LogP contribution in [-0.4, -0.2) is 58.2 Å². The number of hydrogen-bond donors (Lipinski definition) is 1. The molecule has 5 rings (SSSR count). The van der Waals surface area contributed by atoms with Crippen LogP contribution in [0.3, 0.4) is 0 Å². The number of ether oxygens (including phenoxy) is 1.